The van der Waals surface area contributed by atoms with Gasteiger partial charge in [-0.25, -0.2) is 0 Å². The Balaban J connectivity index is 1.20. The molecule has 0 saturated carbocycles. The highest BCUT2D eigenvalue weighted by atomic mass is 16.3. The first kappa shape index (κ1) is 27.5. The number of benzene rings is 7. The normalized spacial score (nSPS) is 13.1. The van der Waals surface area contributed by atoms with Gasteiger partial charge in [-0.1, -0.05) is 129 Å². The number of furan rings is 1. The zero-order chi connectivity index (χ0) is 31.5. The lowest BCUT2D eigenvalue weighted by Crippen LogP contribution is -2.16. The first-order valence-corrected chi connectivity index (χ1v) is 16.3. The van der Waals surface area contributed by atoms with Gasteiger partial charge in [0.1, 0.15) is 11.2 Å². The van der Waals surface area contributed by atoms with Crippen LogP contribution in [0, 0.1) is 0 Å². The largest absolute Gasteiger partial charge is 0.456 e. The Bertz CT molecular complexity index is 2320. The third kappa shape index (κ3) is 4.40. The van der Waals surface area contributed by atoms with Crippen LogP contribution in [-0.4, -0.2) is 0 Å². The topological polar surface area (TPSA) is 16.4 Å². The first-order chi connectivity index (χ1) is 23.1. The summed E-state index contributed by atoms with van der Waals surface area (Å²) in [4.78, 5) is 2.38. The van der Waals surface area contributed by atoms with Crippen molar-refractivity contribution in [2.45, 2.75) is 19.3 Å². The number of fused-ring (bicyclic) bond motifs is 7. The first-order valence-electron chi connectivity index (χ1n) is 16.3. The zero-order valence-corrected chi connectivity index (χ0v) is 26.4. The average Bonchev–Trinajstić information content (AvgIpc) is 3.61. The molecular weight excluding hydrogens is 571 g/mol. The summed E-state index contributed by atoms with van der Waals surface area (Å²) in [6.45, 7) is 4.70. The fraction of sp³-hybridized carbons (Fsp3) is 0.0667. The van der Waals surface area contributed by atoms with Crippen LogP contribution in [0.3, 0.4) is 0 Å². The van der Waals surface area contributed by atoms with Gasteiger partial charge in [0.25, 0.3) is 0 Å². The Labute approximate surface area is 275 Å². The van der Waals surface area contributed by atoms with E-state index in [-0.39, 0.29) is 5.41 Å². The minimum atomic E-state index is -0.172. The van der Waals surface area contributed by atoms with Crippen LogP contribution in [0.4, 0.5) is 17.1 Å². The van der Waals surface area contributed by atoms with Gasteiger partial charge in [0.2, 0.25) is 0 Å². The summed E-state index contributed by atoms with van der Waals surface area (Å²) in [6.07, 6.45) is 0. The minimum Gasteiger partial charge on any atom is -0.456 e. The fourth-order valence-corrected chi connectivity index (χ4v) is 7.58. The smallest absolute Gasteiger partial charge is 0.135 e. The van der Waals surface area contributed by atoms with Crippen molar-refractivity contribution in [2.24, 2.45) is 0 Å². The molecule has 1 aromatic heterocycles. The summed E-state index contributed by atoms with van der Waals surface area (Å²) >= 11 is 0. The van der Waals surface area contributed by atoms with Gasteiger partial charge in [-0.2, -0.15) is 0 Å². The van der Waals surface area contributed by atoms with Crippen LogP contribution in [0.5, 0.6) is 0 Å². The van der Waals surface area contributed by atoms with Gasteiger partial charge in [-0.3, -0.25) is 0 Å². The van der Waals surface area contributed by atoms with Gasteiger partial charge in [-0.05, 0) is 93.0 Å². The van der Waals surface area contributed by atoms with E-state index >= 15 is 0 Å². The average molecular weight is 604 g/mol. The van der Waals surface area contributed by atoms with Crippen molar-refractivity contribution in [3.8, 4) is 33.4 Å². The summed E-state index contributed by atoms with van der Waals surface area (Å²) in [5, 5.41) is 2.41. The molecule has 0 radical (unpaired) electrons. The van der Waals surface area contributed by atoms with E-state index in [1.165, 1.54) is 55.3 Å². The number of hydrogen-bond donors (Lipinski definition) is 0. The monoisotopic (exact) mass is 603 g/mol. The molecule has 0 unspecified atom stereocenters. The van der Waals surface area contributed by atoms with Crippen LogP contribution in [0.2, 0.25) is 0 Å². The van der Waals surface area contributed by atoms with Crippen molar-refractivity contribution in [2.75, 3.05) is 4.90 Å². The van der Waals surface area contributed by atoms with Gasteiger partial charge in [0, 0.05) is 33.2 Å². The summed E-state index contributed by atoms with van der Waals surface area (Å²) in [6, 6.07) is 58.8. The molecule has 1 aliphatic rings. The molecule has 0 aliphatic heterocycles. The van der Waals surface area contributed by atoms with E-state index < -0.39 is 0 Å². The Morgan fingerprint density at radius 3 is 1.60 bits per heavy atom. The highest BCUT2D eigenvalue weighted by Crippen LogP contribution is 2.54. The third-order valence-corrected chi connectivity index (χ3v) is 9.86. The Morgan fingerprint density at radius 1 is 0.447 bits per heavy atom. The standard InChI is InChI=1S/C45H33NO/c1-45(2)40-27-25-36(29-39(40)37-26-28-42-43(44(37)45)38-15-9-10-16-41(38)47-42)46(34-21-17-32(18-22-34)30-11-5-3-6-12-30)35-23-19-33(20-24-35)31-13-7-4-8-14-31/h3-29H,1-2H3. The number of nitrogens with zero attached hydrogens (tertiary/aromatic N) is 1. The van der Waals surface area contributed by atoms with Gasteiger partial charge in [0.15, 0.2) is 0 Å². The zero-order valence-electron chi connectivity index (χ0n) is 26.4. The molecule has 0 saturated heterocycles. The van der Waals surface area contributed by atoms with E-state index in [0.29, 0.717) is 0 Å². The van der Waals surface area contributed by atoms with Crippen LogP contribution >= 0.6 is 0 Å². The van der Waals surface area contributed by atoms with Crippen LogP contribution in [0.1, 0.15) is 25.0 Å². The van der Waals surface area contributed by atoms with E-state index in [1.54, 1.807) is 0 Å². The molecule has 0 fully saturated rings. The predicted molar refractivity (Wildman–Crippen MR) is 197 cm³/mol. The lowest BCUT2D eigenvalue weighted by atomic mass is 9.80. The SMILES string of the molecule is CC1(C)c2ccc(N(c3ccc(-c4ccccc4)cc3)c3ccc(-c4ccccc4)cc3)cc2-c2ccc3oc4ccccc4c3c21. The van der Waals surface area contributed by atoms with Crippen LogP contribution in [-0.2, 0) is 5.41 Å². The summed E-state index contributed by atoms with van der Waals surface area (Å²) in [5.41, 5.74) is 15.2. The maximum absolute atomic E-state index is 6.32. The lowest BCUT2D eigenvalue weighted by molar-refractivity contribution is 0.657. The molecule has 0 atom stereocenters. The molecule has 224 valence electrons. The van der Waals surface area contributed by atoms with E-state index in [0.717, 1.165) is 28.2 Å². The van der Waals surface area contributed by atoms with Gasteiger partial charge >= 0.3 is 0 Å². The highest BCUT2D eigenvalue weighted by molar-refractivity contribution is 6.11. The molecule has 0 spiro atoms. The molecule has 2 heteroatoms. The van der Waals surface area contributed by atoms with Crippen molar-refractivity contribution >= 4 is 39.0 Å². The lowest BCUT2D eigenvalue weighted by Gasteiger charge is -2.27. The molecule has 9 rings (SSSR count). The van der Waals surface area contributed by atoms with Crippen molar-refractivity contribution in [1.82, 2.24) is 0 Å². The van der Waals surface area contributed by atoms with Crippen LogP contribution in [0.15, 0.2) is 168 Å². The molecule has 2 nitrogen and oxygen atoms in total. The predicted octanol–water partition coefficient (Wildman–Crippen LogP) is 12.7. The number of rotatable bonds is 5. The number of hydrogen-bond acceptors (Lipinski definition) is 2. The van der Waals surface area contributed by atoms with Crippen molar-refractivity contribution in [3.05, 3.63) is 175 Å². The number of para-hydroxylation sites is 1. The Hall–Kier alpha value is -5.86. The molecule has 1 aliphatic carbocycles. The van der Waals surface area contributed by atoms with E-state index in [2.05, 4.69) is 176 Å². The molecule has 1 heterocycles. The highest BCUT2D eigenvalue weighted by Gasteiger charge is 2.38. The Morgan fingerprint density at radius 2 is 0.979 bits per heavy atom. The summed E-state index contributed by atoms with van der Waals surface area (Å²) in [7, 11) is 0. The maximum atomic E-state index is 6.32. The van der Waals surface area contributed by atoms with Gasteiger partial charge in [-0.15, -0.1) is 0 Å². The molecule has 0 bridgehead atoms. The second-order valence-corrected chi connectivity index (χ2v) is 13.0. The molecule has 8 aromatic rings. The van der Waals surface area contributed by atoms with Crippen LogP contribution < -0.4 is 4.90 Å². The van der Waals surface area contributed by atoms with E-state index in [4.69, 9.17) is 4.42 Å². The van der Waals surface area contributed by atoms with Gasteiger partial charge < -0.3 is 9.32 Å². The van der Waals surface area contributed by atoms with Crippen LogP contribution in [0.25, 0.3) is 55.3 Å². The van der Waals surface area contributed by atoms with E-state index in [9.17, 15) is 0 Å². The van der Waals surface area contributed by atoms with E-state index in [1.807, 2.05) is 6.07 Å². The second-order valence-electron chi connectivity index (χ2n) is 13.0. The van der Waals surface area contributed by atoms with Crippen molar-refractivity contribution in [1.29, 1.82) is 0 Å². The van der Waals surface area contributed by atoms with Crippen molar-refractivity contribution < 1.29 is 4.42 Å². The quantitative estimate of drug-likeness (QED) is 0.195. The third-order valence-electron chi connectivity index (χ3n) is 9.86. The minimum absolute atomic E-state index is 0.172. The van der Waals surface area contributed by atoms with Gasteiger partial charge in [0.05, 0.1) is 0 Å². The second kappa shape index (κ2) is 10.6. The Kier molecular flexibility index (Phi) is 6.20. The number of anilines is 3. The maximum Gasteiger partial charge on any atom is 0.135 e. The molecule has 47 heavy (non-hydrogen) atoms. The molecule has 0 amide bonds. The van der Waals surface area contributed by atoms with Crippen molar-refractivity contribution in [3.63, 3.8) is 0 Å². The summed E-state index contributed by atoms with van der Waals surface area (Å²) in [5.74, 6) is 0. The molecule has 7 aromatic carbocycles. The summed E-state index contributed by atoms with van der Waals surface area (Å²) < 4.78 is 6.32. The molecule has 0 N–H and O–H groups in total. The fourth-order valence-electron chi connectivity index (χ4n) is 7.58. The molecular formula is C45H33NO.